The van der Waals surface area contributed by atoms with Gasteiger partial charge in [-0.25, -0.2) is 4.99 Å². The summed E-state index contributed by atoms with van der Waals surface area (Å²) < 4.78 is 0. The minimum atomic E-state index is 0. The molecule has 51 heavy (non-hydrogen) atoms. The molecule has 0 saturated carbocycles. The van der Waals surface area contributed by atoms with Crippen LogP contribution in [0.2, 0.25) is 0 Å². The Balaban J connectivity index is 0.0000130. The number of unbranched alkanes of at least 4 members (excludes halogenated alkanes) is 15. The first-order valence-electron chi connectivity index (χ1n) is 21.5. The number of aliphatic imine (C=N–C) groups is 2. The summed E-state index contributed by atoms with van der Waals surface area (Å²) in [6.45, 7) is 13.7. The van der Waals surface area contributed by atoms with Crippen molar-refractivity contribution >= 4 is 22.8 Å². The molecule has 0 aliphatic heterocycles. The van der Waals surface area contributed by atoms with Gasteiger partial charge in [-0.1, -0.05) is 175 Å². The maximum Gasteiger partial charge on any atom is 0.135 e. The monoisotopic (exact) mass is 739 g/mol. The minimum absolute atomic E-state index is 0. The second-order valence-electron chi connectivity index (χ2n) is 14.7. The Bertz CT molecular complexity index is 1290. The van der Waals surface area contributed by atoms with Crippen molar-refractivity contribution in [3.63, 3.8) is 0 Å². The maximum atomic E-state index is 5.35. The zero-order chi connectivity index (χ0) is 36.1. The van der Waals surface area contributed by atoms with Crippen LogP contribution in [0, 0.1) is 11.8 Å². The Hall–Kier alpha value is -2.17. The Morgan fingerprint density at radius 2 is 0.863 bits per heavy atom. The van der Waals surface area contributed by atoms with Crippen LogP contribution in [0.4, 0.5) is 11.4 Å². The van der Waals surface area contributed by atoms with Crippen molar-refractivity contribution < 1.29 is 16.5 Å². The van der Waals surface area contributed by atoms with Gasteiger partial charge in [0.15, 0.2) is 0 Å². The van der Waals surface area contributed by atoms with Gasteiger partial charge in [0.25, 0.3) is 0 Å². The van der Waals surface area contributed by atoms with Crippen molar-refractivity contribution in [3.05, 3.63) is 58.7 Å². The van der Waals surface area contributed by atoms with E-state index in [2.05, 4.69) is 89.8 Å². The molecule has 0 unspecified atom stereocenters. The fourth-order valence-electron chi connectivity index (χ4n) is 6.99. The molecule has 288 valence electrons. The second kappa shape index (κ2) is 31.4. The van der Waals surface area contributed by atoms with Crippen LogP contribution in [0.1, 0.15) is 205 Å². The molecule has 0 aliphatic rings. The molecule has 0 heterocycles. The molecule has 0 spiro atoms. The van der Waals surface area contributed by atoms with Crippen molar-refractivity contribution in [1.29, 1.82) is 0 Å². The van der Waals surface area contributed by atoms with E-state index >= 15 is 0 Å². The predicted octanol–water partition coefficient (Wildman–Crippen LogP) is 15.4. The first-order valence-corrected chi connectivity index (χ1v) is 21.5. The smallest absolute Gasteiger partial charge is 0.135 e. The summed E-state index contributed by atoms with van der Waals surface area (Å²) in [6.07, 6.45) is 32.3. The van der Waals surface area contributed by atoms with Gasteiger partial charge in [0.05, 0.1) is 17.1 Å². The summed E-state index contributed by atoms with van der Waals surface area (Å²) in [5, 5.41) is 0. The Labute approximate surface area is 326 Å². The molecule has 0 bridgehead atoms. The third-order valence-corrected chi connectivity index (χ3v) is 9.86. The number of rotatable bonds is 28. The molecule has 2 aromatic rings. The number of aryl methyl sites for hydroxylation is 4. The molecule has 0 aromatic heterocycles. The number of benzene rings is 2. The average molecular weight is 740 g/mol. The van der Waals surface area contributed by atoms with Crippen LogP contribution >= 0.6 is 0 Å². The Morgan fingerprint density at radius 3 is 1.33 bits per heavy atom. The van der Waals surface area contributed by atoms with Crippen molar-refractivity contribution in [2.24, 2.45) is 9.98 Å². The summed E-state index contributed by atoms with van der Waals surface area (Å²) in [5.41, 5.74) is 9.83. The fourth-order valence-corrected chi connectivity index (χ4v) is 6.99. The molecule has 0 N–H and O–H groups in total. The summed E-state index contributed by atoms with van der Waals surface area (Å²) in [5.74, 6) is 7.16. The van der Waals surface area contributed by atoms with E-state index in [1.807, 2.05) is 0 Å². The molecular weight excluding hydrogens is 663 g/mol. The molecule has 0 saturated heterocycles. The van der Waals surface area contributed by atoms with Crippen LogP contribution in [0.15, 0.2) is 46.4 Å². The maximum absolute atomic E-state index is 5.35. The fraction of sp³-hybridized carbons (Fsp3) is 0.667. The van der Waals surface area contributed by atoms with Crippen LogP contribution in [0.5, 0.6) is 0 Å². The van der Waals surface area contributed by atoms with Gasteiger partial charge in [-0.3, -0.25) is 4.99 Å². The summed E-state index contributed by atoms with van der Waals surface area (Å²) in [4.78, 5) is 10.6. The SMILES string of the molecule is CCCCCCCCCCCCCCCC#CC(=N\c1ccc(CCC)c(CCC)c1)/C(CCCCC)=N/c1ccc(CCC)c(CCC)c1.[Ni]. The van der Waals surface area contributed by atoms with Crippen LogP contribution in [-0.2, 0) is 42.2 Å². The summed E-state index contributed by atoms with van der Waals surface area (Å²) in [7, 11) is 0. The molecule has 0 amide bonds. The van der Waals surface area contributed by atoms with Gasteiger partial charge in [0.2, 0.25) is 0 Å². The quantitative estimate of drug-likeness (QED) is 0.0359. The van der Waals surface area contributed by atoms with Gasteiger partial charge in [-0.15, -0.1) is 0 Å². The standard InChI is InChI=1S/C48H76N2.Ni/c1-7-13-15-16-17-18-19-20-21-22-23-24-25-26-28-34-48(50-46-38-36-42(30-10-4)44(40-46)32-12-6)47(33-27-14-8-2)49-45-37-35-41(29-9-3)43(39-45)31-11-5;/h35-40H,7-27,29-33H2,1-6H3;/b49-47+,50-48+;. The van der Waals surface area contributed by atoms with Crippen molar-refractivity contribution in [1.82, 2.24) is 0 Å². The third kappa shape index (κ3) is 20.6. The molecular formula is C48H76N2Ni. The van der Waals surface area contributed by atoms with E-state index in [4.69, 9.17) is 9.98 Å². The van der Waals surface area contributed by atoms with Gasteiger partial charge in [-0.2, -0.15) is 0 Å². The van der Waals surface area contributed by atoms with E-state index in [0.29, 0.717) is 0 Å². The van der Waals surface area contributed by atoms with Gasteiger partial charge in [0.1, 0.15) is 5.71 Å². The van der Waals surface area contributed by atoms with E-state index in [-0.39, 0.29) is 16.5 Å². The van der Waals surface area contributed by atoms with Gasteiger partial charge in [0, 0.05) is 22.9 Å². The van der Waals surface area contributed by atoms with E-state index in [9.17, 15) is 0 Å². The molecule has 0 atom stereocenters. The number of nitrogens with zero attached hydrogens (tertiary/aromatic N) is 2. The van der Waals surface area contributed by atoms with Crippen molar-refractivity contribution in [2.45, 2.75) is 208 Å². The first kappa shape index (κ1) is 46.9. The number of hydrogen-bond acceptors (Lipinski definition) is 2. The second-order valence-corrected chi connectivity index (χ2v) is 14.7. The molecule has 2 nitrogen and oxygen atoms in total. The zero-order valence-electron chi connectivity index (χ0n) is 34.1. The Morgan fingerprint density at radius 1 is 0.451 bits per heavy atom. The molecule has 0 fully saturated rings. The molecule has 0 aliphatic carbocycles. The third-order valence-electron chi connectivity index (χ3n) is 9.86. The topological polar surface area (TPSA) is 24.7 Å². The molecule has 3 heteroatoms. The normalized spacial score (nSPS) is 11.7. The summed E-state index contributed by atoms with van der Waals surface area (Å²) in [6, 6.07) is 13.7. The van der Waals surface area contributed by atoms with Crippen molar-refractivity contribution in [3.8, 4) is 11.8 Å². The summed E-state index contributed by atoms with van der Waals surface area (Å²) >= 11 is 0. The van der Waals surface area contributed by atoms with E-state index in [0.717, 1.165) is 80.6 Å². The number of hydrogen-bond donors (Lipinski definition) is 0. The van der Waals surface area contributed by atoms with Gasteiger partial charge in [-0.05, 0) is 97.4 Å². The minimum Gasteiger partial charge on any atom is -0.251 e. The molecule has 0 radical (unpaired) electrons. The van der Waals surface area contributed by atoms with E-state index < -0.39 is 0 Å². The van der Waals surface area contributed by atoms with E-state index in [1.54, 1.807) is 0 Å². The molecule has 2 rings (SSSR count). The Kier molecular flexibility index (Phi) is 28.8. The van der Waals surface area contributed by atoms with E-state index in [1.165, 1.54) is 131 Å². The van der Waals surface area contributed by atoms with Gasteiger partial charge >= 0.3 is 0 Å². The first-order chi connectivity index (χ1) is 24.6. The van der Waals surface area contributed by atoms with Crippen molar-refractivity contribution in [2.75, 3.05) is 0 Å². The largest absolute Gasteiger partial charge is 0.251 e. The van der Waals surface area contributed by atoms with Gasteiger partial charge < -0.3 is 0 Å². The zero-order valence-corrected chi connectivity index (χ0v) is 35.0. The average Bonchev–Trinajstić information content (AvgIpc) is 3.11. The van der Waals surface area contributed by atoms with Crippen LogP contribution in [0.3, 0.4) is 0 Å². The molecule has 2 aromatic carbocycles. The van der Waals surface area contributed by atoms with Crippen LogP contribution in [0.25, 0.3) is 0 Å². The van der Waals surface area contributed by atoms with Crippen LogP contribution < -0.4 is 0 Å². The predicted molar refractivity (Wildman–Crippen MR) is 225 cm³/mol. The van der Waals surface area contributed by atoms with Crippen LogP contribution in [-0.4, -0.2) is 11.4 Å².